The monoisotopic (exact) mass is 335 g/mol. The largest absolute Gasteiger partial charge is 0.480 e. The number of anilines is 1. The third kappa shape index (κ3) is 4.44. The van der Waals surface area contributed by atoms with Crippen LogP contribution in [0.2, 0.25) is 0 Å². The molecule has 0 spiro atoms. The molecule has 1 aliphatic heterocycles. The van der Waals surface area contributed by atoms with Crippen LogP contribution in [0, 0.1) is 0 Å². The Balaban J connectivity index is 2.13. The molecule has 2 unspecified atom stereocenters. The van der Waals surface area contributed by atoms with Crippen molar-refractivity contribution in [3.8, 4) is 0 Å². The van der Waals surface area contributed by atoms with Gasteiger partial charge in [-0.3, -0.25) is 9.59 Å². The summed E-state index contributed by atoms with van der Waals surface area (Å²) in [5.74, 6) is -0.559. The van der Waals surface area contributed by atoms with Crippen LogP contribution in [-0.2, 0) is 9.53 Å². The predicted octanol–water partition coefficient (Wildman–Crippen LogP) is 1.63. The summed E-state index contributed by atoms with van der Waals surface area (Å²) in [5, 5.41) is 8.96. The fourth-order valence-corrected chi connectivity index (χ4v) is 2.87. The molecule has 132 valence electrons. The number of ether oxygens (including phenoxy) is 1. The fourth-order valence-electron chi connectivity index (χ4n) is 2.87. The zero-order valence-corrected chi connectivity index (χ0v) is 14.6. The number of carboxylic acid groups (broad SMARTS) is 1. The van der Waals surface area contributed by atoms with Crippen LogP contribution in [0.5, 0.6) is 0 Å². The lowest BCUT2D eigenvalue weighted by Crippen LogP contribution is -2.45. The molecule has 1 aromatic rings. The van der Waals surface area contributed by atoms with E-state index in [0.29, 0.717) is 5.56 Å². The normalized spacial score (nSPS) is 21.0. The first-order valence-electron chi connectivity index (χ1n) is 8.17. The van der Waals surface area contributed by atoms with E-state index in [1.165, 1.54) is 11.1 Å². The van der Waals surface area contributed by atoms with E-state index in [9.17, 15) is 9.59 Å². The highest BCUT2D eigenvalue weighted by Gasteiger charge is 2.24. The molecule has 0 bridgehead atoms. The van der Waals surface area contributed by atoms with Crippen molar-refractivity contribution in [3.63, 3.8) is 0 Å². The molecule has 7 nitrogen and oxygen atoms in total. The first-order valence-corrected chi connectivity index (χ1v) is 8.17. The van der Waals surface area contributed by atoms with Crippen LogP contribution in [0.3, 0.4) is 0 Å². The number of morpholine rings is 1. The molecule has 1 saturated heterocycles. The summed E-state index contributed by atoms with van der Waals surface area (Å²) >= 11 is 0. The molecule has 1 fully saturated rings. The number of pyridine rings is 1. The van der Waals surface area contributed by atoms with Crippen molar-refractivity contribution < 1.29 is 19.4 Å². The second-order valence-corrected chi connectivity index (χ2v) is 6.49. The Hall–Kier alpha value is -2.15. The molecular weight excluding hydrogens is 310 g/mol. The predicted molar refractivity (Wildman–Crippen MR) is 90.3 cm³/mol. The van der Waals surface area contributed by atoms with Gasteiger partial charge in [-0.1, -0.05) is 0 Å². The maximum Gasteiger partial charge on any atom is 0.323 e. The molecule has 1 amide bonds. The highest BCUT2D eigenvalue weighted by atomic mass is 16.5. The Bertz CT molecular complexity index is 578. The number of aromatic nitrogens is 1. The van der Waals surface area contributed by atoms with Crippen LogP contribution >= 0.6 is 0 Å². The van der Waals surface area contributed by atoms with E-state index in [-0.39, 0.29) is 30.7 Å². The molecule has 0 aromatic carbocycles. The van der Waals surface area contributed by atoms with Crippen LogP contribution in [0.25, 0.3) is 0 Å². The number of hydrogen-bond acceptors (Lipinski definition) is 5. The number of carbonyl (C=O) groups excluding carboxylic acids is 1. The summed E-state index contributed by atoms with van der Waals surface area (Å²) in [6.07, 6.45) is 1.77. The molecule has 0 saturated carbocycles. The Morgan fingerprint density at radius 3 is 2.42 bits per heavy atom. The molecule has 1 aliphatic rings. The fraction of sp³-hybridized carbons (Fsp3) is 0.588. The van der Waals surface area contributed by atoms with Gasteiger partial charge in [0, 0.05) is 25.3 Å². The number of nitrogens with zero attached hydrogens (tertiary/aromatic N) is 3. The van der Waals surface area contributed by atoms with Crippen LogP contribution in [0.1, 0.15) is 38.1 Å². The molecule has 2 atom stereocenters. The van der Waals surface area contributed by atoms with Gasteiger partial charge >= 0.3 is 5.97 Å². The molecule has 24 heavy (non-hydrogen) atoms. The lowest BCUT2D eigenvalue weighted by atomic mass is 10.2. The van der Waals surface area contributed by atoms with Crippen LogP contribution in [0.4, 0.5) is 5.82 Å². The van der Waals surface area contributed by atoms with E-state index >= 15 is 0 Å². The molecule has 1 N–H and O–H groups in total. The van der Waals surface area contributed by atoms with Crippen molar-refractivity contribution in [2.45, 2.75) is 45.9 Å². The summed E-state index contributed by atoms with van der Waals surface area (Å²) in [4.78, 5) is 31.3. The van der Waals surface area contributed by atoms with Gasteiger partial charge in [-0.05, 0) is 39.8 Å². The number of carbonyl (C=O) groups is 2. The average Bonchev–Trinajstić information content (AvgIpc) is 2.51. The van der Waals surface area contributed by atoms with Crippen molar-refractivity contribution in [2.75, 3.05) is 24.5 Å². The molecular formula is C17H25N3O4. The number of amides is 1. The quantitative estimate of drug-likeness (QED) is 0.880. The van der Waals surface area contributed by atoms with Crippen molar-refractivity contribution >= 4 is 17.7 Å². The molecule has 2 heterocycles. The van der Waals surface area contributed by atoms with Crippen LogP contribution < -0.4 is 4.90 Å². The lowest BCUT2D eigenvalue weighted by molar-refractivity contribution is -0.138. The number of hydrogen-bond donors (Lipinski definition) is 1. The smallest absolute Gasteiger partial charge is 0.323 e. The van der Waals surface area contributed by atoms with Gasteiger partial charge in [0.25, 0.3) is 5.91 Å². The highest BCUT2D eigenvalue weighted by molar-refractivity contribution is 5.95. The van der Waals surface area contributed by atoms with E-state index in [0.717, 1.165) is 18.9 Å². The number of aliphatic carboxylic acids is 1. The zero-order chi connectivity index (χ0) is 17.9. The summed E-state index contributed by atoms with van der Waals surface area (Å²) < 4.78 is 5.71. The summed E-state index contributed by atoms with van der Waals surface area (Å²) in [6.45, 7) is 8.80. The molecule has 0 radical (unpaired) electrons. The number of rotatable bonds is 5. The third-order valence-corrected chi connectivity index (χ3v) is 3.93. The Kier molecular flexibility index (Phi) is 5.77. The van der Waals surface area contributed by atoms with Crippen molar-refractivity contribution in [1.82, 2.24) is 9.88 Å². The number of carboxylic acids is 1. The zero-order valence-electron chi connectivity index (χ0n) is 14.6. The maximum atomic E-state index is 12.5. The second kappa shape index (κ2) is 7.61. The minimum Gasteiger partial charge on any atom is -0.480 e. The molecule has 7 heteroatoms. The van der Waals surface area contributed by atoms with Gasteiger partial charge in [-0.25, -0.2) is 4.98 Å². The summed E-state index contributed by atoms with van der Waals surface area (Å²) in [5.41, 5.74) is 0.392. The Morgan fingerprint density at radius 2 is 1.96 bits per heavy atom. The first-order chi connectivity index (χ1) is 11.3. The molecule has 1 aromatic heterocycles. The van der Waals surface area contributed by atoms with Gasteiger partial charge in [0.2, 0.25) is 0 Å². The van der Waals surface area contributed by atoms with Gasteiger partial charge in [0.05, 0.1) is 17.8 Å². The van der Waals surface area contributed by atoms with Crippen molar-refractivity contribution in [3.05, 3.63) is 23.9 Å². The maximum absolute atomic E-state index is 12.5. The minimum absolute atomic E-state index is 0.129. The topological polar surface area (TPSA) is 83.0 Å². The standard InChI is InChI=1S/C17H25N3O4/c1-11(2)20(10-16(21)22)17(23)14-5-6-15(18-7-14)19-8-12(3)24-13(4)9-19/h5-7,11-13H,8-10H2,1-4H3,(H,21,22). The third-order valence-electron chi connectivity index (χ3n) is 3.93. The summed E-state index contributed by atoms with van der Waals surface area (Å²) in [6, 6.07) is 3.30. The average molecular weight is 335 g/mol. The first kappa shape index (κ1) is 18.2. The Morgan fingerprint density at radius 1 is 1.33 bits per heavy atom. The minimum atomic E-state index is -1.03. The van der Waals surface area contributed by atoms with Gasteiger partial charge in [0.15, 0.2) is 0 Å². The summed E-state index contributed by atoms with van der Waals surface area (Å²) in [7, 11) is 0. The Labute approximate surface area is 142 Å². The van der Waals surface area contributed by atoms with Crippen molar-refractivity contribution in [2.24, 2.45) is 0 Å². The van der Waals surface area contributed by atoms with Gasteiger partial charge < -0.3 is 19.6 Å². The van der Waals surface area contributed by atoms with Gasteiger partial charge in [-0.2, -0.15) is 0 Å². The van der Waals surface area contributed by atoms with E-state index in [1.807, 2.05) is 13.8 Å². The molecule has 2 rings (SSSR count). The lowest BCUT2D eigenvalue weighted by Gasteiger charge is -2.36. The second-order valence-electron chi connectivity index (χ2n) is 6.49. The van der Waals surface area contributed by atoms with Crippen LogP contribution in [-0.4, -0.2) is 64.8 Å². The van der Waals surface area contributed by atoms with Gasteiger partial charge in [-0.15, -0.1) is 0 Å². The van der Waals surface area contributed by atoms with E-state index in [4.69, 9.17) is 9.84 Å². The van der Waals surface area contributed by atoms with Crippen molar-refractivity contribution in [1.29, 1.82) is 0 Å². The molecule has 0 aliphatic carbocycles. The van der Waals surface area contributed by atoms with Crippen LogP contribution in [0.15, 0.2) is 18.3 Å². The highest BCUT2D eigenvalue weighted by Crippen LogP contribution is 2.19. The van der Waals surface area contributed by atoms with E-state index in [2.05, 4.69) is 9.88 Å². The van der Waals surface area contributed by atoms with Gasteiger partial charge in [0.1, 0.15) is 12.4 Å². The van der Waals surface area contributed by atoms with E-state index in [1.54, 1.807) is 26.0 Å². The van der Waals surface area contributed by atoms with E-state index < -0.39 is 5.97 Å². The SMILES string of the molecule is CC1CN(c2ccc(C(=O)N(CC(=O)O)C(C)C)cn2)CC(C)O1.